The van der Waals surface area contributed by atoms with E-state index >= 15 is 0 Å². The van der Waals surface area contributed by atoms with Crippen molar-refractivity contribution in [2.24, 2.45) is 0 Å². The number of amides is 2. The first kappa shape index (κ1) is 36.5. The van der Waals surface area contributed by atoms with E-state index in [9.17, 15) is 22.4 Å². The highest BCUT2D eigenvalue weighted by Crippen LogP contribution is 2.28. The zero-order valence-electron chi connectivity index (χ0n) is 27.9. The maximum atomic E-state index is 14.6. The van der Waals surface area contributed by atoms with E-state index in [1.54, 1.807) is 48.5 Å². The van der Waals surface area contributed by atoms with Gasteiger partial charge in [0, 0.05) is 23.4 Å². The number of ether oxygens (including phenoxy) is 1. The van der Waals surface area contributed by atoms with Gasteiger partial charge in [-0.2, -0.15) is 0 Å². The molecule has 4 aromatic rings. The maximum absolute atomic E-state index is 14.6. The SMILES string of the molecule is CCOc1ccc(N(CC(=O)N(Cc2ccc(F)cc2)C(Cc2ccccc2)C(=O)NC(C)(C)C)S(=O)(=O)c2ccc(SC)cc2)cc1. The van der Waals surface area contributed by atoms with E-state index in [0.29, 0.717) is 17.9 Å². The predicted octanol–water partition coefficient (Wildman–Crippen LogP) is 6.70. The molecular formula is C37H42FN3O5S2. The van der Waals surface area contributed by atoms with Crippen molar-refractivity contribution in [3.63, 3.8) is 0 Å². The summed E-state index contributed by atoms with van der Waals surface area (Å²) in [6.07, 6.45) is 2.06. The average molecular weight is 692 g/mol. The minimum atomic E-state index is -4.26. The minimum Gasteiger partial charge on any atom is -0.494 e. The van der Waals surface area contributed by atoms with Crippen LogP contribution in [0.25, 0.3) is 0 Å². The lowest BCUT2D eigenvalue weighted by molar-refractivity contribution is -0.140. The second-order valence-electron chi connectivity index (χ2n) is 12.2. The molecule has 11 heteroatoms. The summed E-state index contributed by atoms with van der Waals surface area (Å²) in [6.45, 7) is 7.15. The lowest BCUT2D eigenvalue weighted by Gasteiger charge is -2.35. The summed E-state index contributed by atoms with van der Waals surface area (Å²) >= 11 is 1.48. The molecule has 0 heterocycles. The molecule has 0 spiro atoms. The van der Waals surface area contributed by atoms with Gasteiger partial charge in [0.15, 0.2) is 0 Å². The van der Waals surface area contributed by atoms with Crippen molar-refractivity contribution in [2.45, 2.75) is 62.0 Å². The lowest BCUT2D eigenvalue weighted by Crippen LogP contribution is -2.56. The van der Waals surface area contributed by atoms with Crippen molar-refractivity contribution in [1.82, 2.24) is 10.2 Å². The zero-order chi connectivity index (χ0) is 34.9. The number of hydrogen-bond acceptors (Lipinski definition) is 6. The molecule has 0 aromatic heterocycles. The Morgan fingerprint density at radius 3 is 2.06 bits per heavy atom. The molecule has 1 atom stereocenters. The summed E-state index contributed by atoms with van der Waals surface area (Å²) in [7, 11) is -4.26. The van der Waals surface area contributed by atoms with Gasteiger partial charge in [0.25, 0.3) is 10.0 Å². The summed E-state index contributed by atoms with van der Waals surface area (Å²) < 4.78 is 49.1. The van der Waals surface area contributed by atoms with Gasteiger partial charge in [-0.3, -0.25) is 13.9 Å². The predicted molar refractivity (Wildman–Crippen MR) is 189 cm³/mol. The van der Waals surface area contributed by atoms with Crippen LogP contribution >= 0.6 is 11.8 Å². The number of thioether (sulfide) groups is 1. The van der Waals surface area contributed by atoms with Gasteiger partial charge < -0.3 is 15.0 Å². The Labute approximate surface area is 287 Å². The molecule has 48 heavy (non-hydrogen) atoms. The fourth-order valence-electron chi connectivity index (χ4n) is 5.07. The van der Waals surface area contributed by atoms with Crippen molar-refractivity contribution in [3.05, 3.63) is 120 Å². The number of benzene rings is 4. The Kier molecular flexibility index (Phi) is 12.3. The Balaban J connectivity index is 1.81. The van der Waals surface area contributed by atoms with E-state index in [4.69, 9.17) is 4.74 Å². The van der Waals surface area contributed by atoms with Crippen molar-refractivity contribution in [1.29, 1.82) is 0 Å². The van der Waals surface area contributed by atoms with E-state index in [1.807, 2.05) is 64.3 Å². The van der Waals surface area contributed by atoms with Crippen molar-refractivity contribution in [3.8, 4) is 5.75 Å². The summed E-state index contributed by atoms with van der Waals surface area (Å²) in [6, 6.07) is 26.9. The number of carbonyl (C=O) groups excluding carboxylic acids is 2. The molecule has 0 aliphatic rings. The van der Waals surface area contributed by atoms with Gasteiger partial charge in [-0.1, -0.05) is 42.5 Å². The number of nitrogens with one attached hydrogen (secondary N) is 1. The van der Waals surface area contributed by atoms with Crippen LogP contribution < -0.4 is 14.4 Å². The molecule has 0 saturated heterocycles. The standard InChI is InChI=1S/C37H42FN3O5S2/c1-6-46-31-18-16-30(17-19-31)41(48(44,45)33-22-20-32(47-5)21-23-33)26-35(42)40(25-28-12-14-29(38)15-13-28)34(36(43)39-37(2,3)4)24-27-10-8-7-9-11-27/h7-23,34H,6,24-26H2,1-5H3,(H,39,43). The van der Waals surface area contributed by atoms with Crippen LogP contribution in [-0.2, 0) is 32.6 Å². The molecule has 0 radical (unpaired) electrons. The first-order valence-electron chi connectivity index (χ1n) is 15.6. The Bertz CT molecular complexity index is 1760. The lowest BCUT2D eigenvalue weighted by atomic mass is 10.0. The Morgan fingerprint density at radius 2 is 1.50 bits per heavy atom. The van der Waals surface area contributed by atoms with Gasteiger partial charge in [0.2, 0.25) is 11.8 Å². The first-order valence-corrected chi connectivity index (χ1v) is 18.3. The molecule has 0 saturated carbocycles. The minimum absolute atomic E-state index is 0.0124. The van der Waals surface area contributed by atoms with Crippen LogP contribution in [0.2, 0.25) is 0 Å². The number of sulfonamides is 1. The number of anilines is 1. The normalized spacial score (nSPS) is 12.2. The van der Waals surface area contributed by atoms with E-state index in [0.717, 1.165) is 14.8 Å². The summed E-state index contributed by atoms with van der Waals surface area (Å²) in [5, 5.41) is 3.00. The van der Waals surface area contributed by atoms with E-state index in [2.05, 4.69) is 5.32 Å². The zero-order valence-corrected chi connectivity index (χ0v) is 29.5. The highest BCUT2D eigenvalue weighted by atomic mass is 32.2. The first-order chi connectivity index (χ1) is 22.8. The molecule has 1 N–H and O–H groups in total. The number of rotatable bonds is 14. The molecule has 254 valence electrons. The highest BCUT2D eigenvalue weighted by Gasteiger charge is 2.35. The second kappa shape index (κ2) is 16.2. The Hall–Kier alpha value is -4.35. The smallest absolute Gasteiger partial charge is 0.264 e. The summed E-state index contributed by atoms with van der Waals surface area (Å²) in [4.78, 5) is 30.8. The number of halogens is 1. The molecule has 0 bridgehead atoms. The van der Waals surface area contributed by atoms with Gasteiger partial charge in [0.05, 0.1) is 17.2 Å². The van der Waals surface area contributed by atoms with Gasteiger partial charge in [-0.15, -0.1) is 11.8 Å². The highest BCUT2D eigenvalue weighted by molar-refractivity contribution is 7.98. The van der Waals surface area contributed by atoms with Gasteiger partial charge >= 0.3 is 0 Å². The third kappa shape index (κ3) is 9.84. The average Bonchev–Trinajstić information content (AvgIpc) is 3.06. The van der Waals surface area contributed by atoms with E-state index in [-0.39, 0.29) is 23.5 Å². The van der Waals surface area contributed by atoms with Crippen LogP contribution in [0.5, 0.6) is 5.75 Å². The number of hydrogen-bond donors (Lipinski definition) is 1. The van der Waals surface area contributed by atoms with Crippen LogP contribution in [0.4, 0.5) is 10.1 Å². The molecule has 0 aliphatic carbocycles. The molecule has 8 nitrogen and oxygen atoms in total. The molecule has 4 rings (SSSR count). The van der Waals surface area contributed by atoms with Crippen LogP contribution in [0.15, 0.2) is 113 Å². The van der Waals surface area contributed by atoms with E-state index in [1.165, 1.54) is 40.9 Å². The van der Waals surface area contributed by atoms with Crippen molar-refractivity contribution in [2.75, 3.05) is 23.7 Å². The molecule has 2 amide bonds. The summed E-state index contributed by atoms with van der Waals surface area (Å²) in [5.74, 6) is -0.899. The quantitative estimate of drug-likeness (QED) is 0.148. The van der Waals surface area contributed by atoms with E-state index < -0.39 is 45.8 Å². The molecule has 0 fully saturated rings. The third-order valence-electron chi connectivity index (χ3n) is 7.40. The second-order valence-corrected chi connectivity index (χ2v) is 14.9. The fourth-order valence-corrected chi connectivity index (χ4v) is 6.89. The fraction of sp³-hybridized carbons (Fsp3) is 0.297. The summed E-state index contributed by atoms with van der Waals surface area (Å²) in [5.41, 5.74) is 1.03. The third-order valence-corrected chi connectivity index (χ3v) is 9.93. The van der Waals surface area contributed by atoms with Crippen molar-refractivity contribution >= 4 is 39.3 Å². The number of carbonyl (C=O) groups is 2. The van der Waals surface area contributed by atoms with Crippen LogP contribution in [0.1, 0.15) is 38.8 Å². The van der Waals surface area contributed by atoms with Crippen molar-refractivity contribution < 1.29 is 27.1 Å². The monoisotopic (exact) mass is 691 g/mol. The number of nitrogens with zero attached hydrogens (tertiary/aromatic N) is 2. The molecule has 0 aliphatic heterocycles. The van der Waals surface area contributed by atoms with Gasteiger partial charge in [0.1, 0.15) is 24.2 Å². The van der Waals surface area contributed by atoms with Gasteiger partial charge in [-0.25, -0.2) is 12.8 Å². The van der Waals surface area contributed by atoms with Crippen LogP contribution in [0, 0.1) is 5.82 Å². The maximum Gasteiger partial charge on any atom is 0.264 e. The molecule has 4 aromatic carbocycles. The largest absolute Gasteiger partial charge is 0.494 e. The molecule has 1 unspecified atom stereocenters. The van der Waals surface area contributed by atoms with Crippen LogP contribution in [0.3, 0.4) is 0 Å². The Morgan fingerprint density at radius 1 is 0.875 bits per heavy atom. The topological polar surface area (TPSA) is 96.0 Å². The van der Waals surface area contributed by atoms with Gasteiger partial charge in [-0.05, 0) is 106 Å². The molecular weight excluding hydrogens is 650 g/mol. The van der Waals surface area contributed by atoms with Crippen LogP contribution in [-0.4, -0.2) is 56.1 Å².